The van der Waals surface area contributed by atoms with E-state index < -0.39 is 5.97 Å². The average Bonchev–Trinajstić information content (AvgIpc) is 3.27. The second-order valence-corrected chi connectivity index (χ2v) is 10.1. The van der Waals surface area contributed by atoms with Crippen LogP contribution in [0, 0.1) is 20.8 Å². The van der Waals surface area contributed by atoms with E-state index in [1.807, 2.05) is 45.0 Å². The van der Waals surface area contributed by atoms with Gasteiger partial charge in [-0.1, -0.05) is 30.3 Å². The molecule has 38 heavy (non-hydrogen) atoms. The highest BCUT2D eigenvalue weighted by Gasteiger charge is 2.22. The van der Waals surface area contributed by atoms with Crippen LogP contribution in [0.3, 0.4) is 0 Å². The predicted octanol–water partition coefficient (Wildman–Crippen LogP) is 6.06. The van der Waals surface area contributed by atoms with Crippen molar-refractivity contribution >= 4 is 28.5 Å². The van der Waals surface area contributed by atoms with Crippen LogP contribution in [-0.2, 0) is 17.8 Å². The number of ether oxygens (including phenoxy) is 1. The third-order valence-corrected chi connectivity index (χ3v) is 7.48. The lowest BCUT2D eigenvalue weighted by Gasteiger charge is -2.32. The van der Waals surface area contributed by atoms with Gasteiger partial charge in [0.2, 0.25) is 5.78 Å². The molecule has 1 aliphatic rings. The number of fused-ring (bicyclic) bond motifs is 1. The van der Waals surface area contributed by atoms with Crippen LogP contribution in [0.15, 0.2) is 59.1 Å². The molecule has 7 nitrogen and oxygen atoms in total. The van der Waals surface area contributed by atoms with E-state index in [4.69, 9.17) is 14.3 Å². The van der Waals surface area contributed by atoms with Crippen molar-refractivity contribution in [2.24, 2.45) is 0 Å². The fourth-order valence-corrected chi connectivity index (χ4v) is 5.02. The van der Waals surface area contributed by atoms with Gasteiger partial charge in [-0.3, -0.25) is 4.79 Å². The Morgan fingerprint density at radius 3 is 2.53 bits per heavy atom. The van der Waals surface area contributed by atoms with Crippen molar-refractivity contribution in [2.75, 3.05) is 18.0 Å². The molecule has 1 aliphatic heterocycles. The minimum Gasteiger partial charge on any atom is -0.478 e. The van der Waals surface area contributed by atoms with E-state index in [0.717, 1.165) is 70.5 Å². The Balaban J connectivity index is 1.15. The number of carbonyl (C=O) groups is 2. The van der Waals surface area contributed by atoms with E-state index in [0.29, 0.717) is 12.4 Å². The summed E-state index contributed by atoms with van der Waals surface area (Å²) < 4.78 is 12.1. The lowest BCUT2D eigenvalue weighted by Crippen LogP contribution is -2.37. The Morgan fingerprint density at radius 2 is 1.82 bits per heavy atom. The first-order chi connectivity index (χ1) is 18.3. The predicted molar refractivity (Wildman–Crippen MR) is 146 cm³/mol. The number of hydrogen-bond acceptors (Lipinski definition) is 6. The van der Waals surface area contributed by atoms with Crippen LogP contribution in [0.4, 0.5) is 5.82 Å². The number of aryl methyl sites for hydroxylation is 3. The maximum atomic E-state index is 13.1. The van der Waals surface area contributed by atoms with Gasteiger partial charge in [-0.25, -0.2) is 9.78 Å². The number of hydrogen-bond donors (Lipinski definition) is 1. The number of aromatic nitrogens is 1. The summed E-state index contributed by atoms with van der Waals surface area (Å²) in [4.78, 5) is 31.1. The fraction of sp³-hybridized carbons (Fsp3) is 0.323. The molecule has 0 spiro atoms. The average molecular weight is 513 g/mol. The van der Waals surface area contributed by atoms with E-state index in [1.54, 1.807) is 24.4 Å². The highest BCUT2D eigenvalue weighted by atomic mass is 16.5. The fourth-order valence-electron chi connectivity index (χ4n) is 5.02. The van der Waals surface area contributed by atoms with Crippen LogP contribution in [0.2, 0.25) is 0 Å². The van der Waals surface area contributed by atoms with Crippen molar-refractivity contribution in [1.29, 1.82) is 0 Å². The standard InChI is InChI=1S/C31H32N2O5/c1-19-7-9-26-21(3)30(38-29(26)20(19)2)27(34)16-22-8-10-28(32-17-22)33-13-11-25(12-14-33)37-18-23-5-4-6-24(15-23)31(35)36/h4-10,15,17,25H,11-14,16,18H2,1-3H3,(H,35,36). The van der Waals surface area contributed by atoms with E-state index >= 15 is 0 Å². The molecule has 1 N–H and O–H groups in total. The van der Waals surface area contributed by atoms with E-state index in [1.165, 1.54) is 0 Å². The maximum absolute atomic E-state index is 13.1. The van der Waals surface area contributed by atoms with Gasteiger partial charge >= 0.3 is 5.97 Å². The Morgan fingerprint density at radius 1 is 1.03 bits per heavy atom. The van der Waals surface area contributed by atoms with Gasteiger partial charge in [-0.15, -0.1) is 0 Å². The molecule has 0 saturated carbocycles. The van der Waals surface area contributed by atoms with Crippen LogP contribution in [0.5, 0.6) is 0 Å². The number of carbonyl (C=O) groups excluding carboxylic acids is 1. The molecule has 0 amide bonds. The minimum atomic E-state index is -0.933. The van der Waals surface area contributed by atoms with Crippen LogP contribution in [0.25, 0.3) is 11.0 Å². The quantitative estimate of drug-likeness (QED) is 0.287. The first-order valence-corrected chi connectivity index (χ1v) is 13.0. The highest BCUT2D eigenvalue weighted by Crippen LogP contribution is 2.30. The molecule has 0 unspecified atom stereocenters. The topological polar surface area (TPSA) is 92.9 Å². The summed E-state index contributed by atoms with van der Waals surface area (Å²) >= 11 is 0. The van der Waals surface area contributed by atoms with Gasteiger partial charge in [0.1, 0.15) is 11.4 Å². The number of carboxylic acids is 1. The van der Waals surface area contributed by atoms with Crippen molar-refractivity contribution in [3.05, 3.63) is 93.9 Å². The van der Waals surface area contributed by atoms with Gasteiger partial charge in [0.05, 0.1) is 18.3 Å². The molecule has 3 heterocycles. The van der Waals surface area contributed by atoms with E-state index in [-0.39, 0.29) is 23.9 Å². The number of ketones is 1. The molecule has 2 aromatic heterocycles. The SMILES string of the molecule is Cc1ccc2c(C)c(C(=O)Cc3ccc(N4CCC(OCc5cccc(C(=O)O)c5)CC4)nc3)oc2c1C. The monoisotopic (exact) mass is 512 g/mol. The molecule has 196 valence electrons. The summed E-state index contributed by atoms with van der Waals surface area (Å²) in [6, 6.07) is 14.9. The molecule has 5 rings (SSSR count). The van der Waals surface area contributed by atoms with Gasteiger partial charge < -0.3 is 19.2 Å². The van der Waals surface area contributed by atoms with Crippen LogP contribution in [0.1, 0.15) is 61.6 Å². The molecular formula is C31H32N2O5. The van der Waals surface area contributed by atoms with Gasteiger partial charge in [-0.2, -0.15) is 0 Å². The van der Waals surface area contributed by atoms with Crippen LogP contribution >= 0.6 is 0 Å². The second kappa shape index (κ2) is 10.8. The molecule has 1 fully saturated rings. The molecule has 2 aromatic carbocycles. The highest BCUT2D eigenvalue weighted by molar-refractivity contribution is 6.01. The Labute approximate surface area is 222 Å². The zero-order chi connectivity index (χ0) is 26.8. The van der Waals surface area contributed by atoms with Gasteiger partial charge in [0.25, 0.3) is 0 Å². The van der Waals surface area contributed by atoms with Crippen molar-refractivity contribution in [2.45, 2.75) is 52.7 Å². The summed E-state index contributed by atoms with van der Waals surface area (Å²) in [5, 5.41) is 10.1. The smallest absolute Gasteiger partial charge is 0.335 e. The summed E-state index contributed by atoms with van der Waals surface area (Å²) in [7, 11) is 0. The molecule has 0 radical (unpaired) electrons. The summed E-state index contributed by atoms with van der Waals surface area (Å²) in [5.74, 6) is 0.337. The lowest BCUT2D eigenvalue weighted by atomic mass is 10.0. The zero-order valence-corrected chi connectivity index (χ0v) is 22.0. The first-order valence-electron chi connectivity index (χ1n) is 13.0. The molecule has 7 heteroatoms. The number of Topliss-reactive ketones (excluding diaryl/α,β-unsaturated/α-hetero) is 1. The largest absolute Gasteiger partial charge is 0.478 e. The summed E-state index contributed by atoms with van der Waals surface area (Å²) in [6.07, 6.45) is 3.87. The number of aromatic carboxylic acids is 1. The van der Waals surface area contributed by atoms with Gasteiger partial charge in [0.15, 0.2) is 5.76 Å². The molecule has 0 aliphatic carbocycles. The molecule has 4 aromatic rings. The van der Waals surface area contributed by atoms with Crippen molar-refractivity contribution < 1.29 is 23.8 Å². The van der Waals surface area contributed by atoms with Crippen LogP contribution < -0.4 is 4.90 Å². The number of pyridine rings is 1. The second-order valence-electron chi connectivity index (χ2n) is 10.1. The maximum Gasteiger partial charge on any atom is 0.335 e. The van der Waals surface area contributed by atoms with Crippen molar-refractivity contribution in [1.82, 2.24) is 4.98 Å². The first kappa shape index (κ1) is 25.7. The number of nitrogens with zero attached hydrogens (tertiary/aromatic N) is 2. The number of anilines is 1. The normalized spacial score (nSPS) is 14.2. The molecule has 1 saturated heterocycles. The van der Waals surface area contributed by atoms with Gasteiger partial charge in [-0.05, 0) is 74.1 Å². The summed E-state index contributed by atoms with van der Waals surface area (Å²) in [5.41, 5.74) is 5.88. The third-order valence-electron chi connectivity index (χ3n) is 7.48. The summed E-state index contributed by atoms with van der Waals surface area (Å²) in [6.45, 7) is 8.04. The van der Waals surface area contributed by atoms with E-state index in [9.17, 15) is 9.59 Å². The lowest BCUT2D eigenvalue weighted by molar-refractivity contribution is 0.0250. The Bertz CT molecular complexity index is 1480. The van der Waals surface area contributed by atoms with Crippen molar-refractivity contribution in [3.63, 3.8) is 0 Å². The molecule has 0 atom stereocenters. The molecular weight excluding hydrogens is 480 g/mol. The number of piperidine rings is 1. The zero-order valence-electron chi connectivity index (χ0n) is 22.0. The Hall–Kier alpha value is -3.97. The Kier molecular flexibility index (Phi) is 7.29. The molecule has 0 bridgehead atoms. The number of furan rings is 1. The third kappa shape index (κ3) is 5.34. The van der Waals surface area contributed by atoms with E-state index in [2.05, 4.69) is 16.0 Å². The number of carboxylic acid groups (broad SMARTS) is 1. The van der Waals surface area contributed by atoms with Crippen molar-refractivity contribution in [3.8, 4) is 0 Å². The minimum absolute atomic E-state index is 0.0443. The van der Waals surface area contributed by atoms with Crippen LogP contribution in [-0.4, -0.2) is 41.0 Å². The number of benzene rings is 2. The number of rotatable bonds is 8. The van der Waals surface area contributed by atoms with Gasteiger partial charge in [0, 0.05) is 36.7 Å².